The van der Waals surface area contributed by atoms with E-state index in [2.05, 4.69) is 9.72 Å². The van der Waals surface area contributed by atoms with Crippen molar-refractivity contribution in [3.8, 4) is 5.75 Å². The number of nitrogens with zero attached hydrogens (tertiary/aromatic N) is 1. The zero-order valence-electron chi connectivity index (χ0n) is 8.26. The topological polar surface area (TPSA) is 74.2 Å². The predicted octanol–water partition coefficient (Wildman–Crippen LogP) is 1.96. The number of pyridine rings is 1. The molecule has 0 saturated carbocycles. The van der Waals surface area contributed by atoms with Crippen molar-refractivity contribution in [1.82, 2.24) is 4.98 Å². The van der Waals surface area contributed by atoms with Crippen LogP contribution in [-0.4, -0.2) is 11.3 Å². The molecule has 0 aliphatic heterocycles. The standard InChI is InChI=1S/C8H8F5N3O/c9-7(10)3-2-16-4(1-14)6(5(3)15)17-8(11,12)13/h2,7H,1,14H2,(H2,15,16). The Hall–Kier alpha value is -1.64. The molecule has 1 aromatic rings. The first-order chi connectivity index (χ1) is 7.76. The molecule has 1 heterocycles. The number of alkyl halides is 5. The molecule has 4 N–H and O–H groups in total. The normalized spacial score (nSPS) is 11.9. The van der Waals surface area contributed by atoms with Gasteiger partial charge in [0, 0.05) is 12.7 Å². The average Bonchev–Trinajstić information content (AvgIpc) is 2.18. The highest BCUT2D eigenvalue weighted by Gasteiger charge is 2.34. The Bertz CT molecular complexity index is 407. The third-order valence-electron chi connectivity index (χ3n) is 1.82. The Morgan fingerprint density at radius 1 is 1.35 bits per heavy atom. The second-order valence-corrected chi connectivity index (χ2v) is 2.96. The molecule has 9 heteroatoms. The fourth-order valence-electron chi connectivity index (χ4n) is 1.11. The lowest BCUT2D eigenvalue weighted by Gasteiger charge is -2.16. The lowest BCUT2D eigenvalue weighted by Crippen LogP contribution is -2.21. The van der Waals surface area contributed by atoms with Crippen molar-refractivity contribution in [3.63, 3.8) is 0 Å². The molecule has 0 unspecified atom stereocenters. The van der Waals surface area contributed by atoms with E-state index in [4.69, 9.17) is 11.5 Å². The second-order valence-electron chi connectivity index (χ2n) is 2.96. The maximum atomic E-state index is 12.4. The summed E-state index contributed by atoms with van der Waals surface area (Å²) in [6, 6.07) is 0. The first-order valence-electron chi connectivity index (χ1n) is 4.27. The second kappa shape index (κ2) is 4.70. The van der Waals surface area contributed by atoms with E-state index in [0.717, 1.165) is 0 Å². The van der Waals surface area contributed by atoms with Gasteiger partial charge >= 0.3 is 6.36 Å². The number of hydrogen-bond acceptors (Lipinski definition) is 4. The Balaban J connectivity index is 3.28. The van der Waals surface area contributed by atoms with E-state index in [9.17, 15) is 22.0 Å². The molecular formula is C8H8F5N3O. The molecule has 1 aromatic heterocycles. The molecule has 0 saturated heterocycles. The molecule has 0 aliphatic carbocycles. The monoisotopic (exact) mass is 257 g/mol. The number of halogens is 5. The molecule has 4 nitrogen and oxygen atoms in total. The zero-order valence-corrected chi connectivity index (χ0v) is 8.26. The molecule has 0 amide bonds. The molecule has 0 radical (unpaired) electrons. The quantitative estimate of drug-likeness (QED) is 0.812. The van der Waals surface area contributed by atoms with Crippen LogP contribution < -0.4 is 16.2 Å². The average molecular weight is 257 g/mol. The van der Waals surface area contributed by atoms with Gasteiger partial charge in [0.15, 0.2) is 5.75 Å². The smallest absolute Gasteiger partial charge is 0.402 e. The SMILES string of the molecule is NCc1ncc(C(F)F)c(N)c1OC(F)(F)F. The molecule has 0 fully saturated rings. The van der Waals surface area contributed by atoms with Gasteiger partial charge in [-0.2, -0.15) is 0 Å². The lowest BCUT2D eigenvalue weighted by molar-refractivity contribution is -0.274. The third kappa shape index (κ3) is 3.16. The Morgan fingerprint density at radius 2 is 1.94 bits per heavy atom. The van der Waals surface area contributed by atoms with Gasteiger partial charge in [0.1, 0.15) is 0 Å². The number of nitrogens with two attached hydrogens (primary N) is 2. The molecule has 0 spiro atoms. The van der Waals surface area contributed by atoms with Crippen LogP contribution in [-0.2, 0) is 6.54 Å². The highest BCUT2D eigenvalue weighted by molar-refractivity contribution is 5.60. The third-order valence-corrected chi connectivity index (χ3v) is 1.82. The first kappa shape index (κ1) is 13.4. The largest absolute Gasteiger partial charge is 0.573 e. The van der Waals surface area contributed by atoms with Crippen LogP contribution in [0.4, 0.5) is 27.6 Å². The van der Waals surface area contributed by atoms with Crippen LogP contribution in [0, 0.1) is 0 Å². The summed E-state index contributed by atoms with van der Waals surface area (Å²) in [6.45, 7) is -0.418. The van der Waals surface area contributed by atoms with Crippen LogP contribution in [0.5, 0.6) is 5.75 Å². The zero-order chi connectivity index (χ0) is 13.2. The van der Waals surface area contributed by atoms with Crippen molar-refractivity contribution in [1.29, 1.82) is 0 Å². The molecule has 0 atom stereocenters. The van der Waals surface area contributed by atoms with E-state index < -0.39 is 36.3 Å². The van der Waals surface area contributed by atoms with Crippen LogP contribution in [0.15, 0.2) is 6.20 Å². The minimum absolute atomic E-state index is 0.343. The summed E-state index contributed by atoms with van der Waals surface area (Å²) in [4.78, 5) is 3.35. The van der Waals surface area contributed by atoms with Crippen LogP contribution in [0.3, 0.4) is 0 Å². The molecule has 1 rings (SSSR count). The van der Waals surface area contributed by atoms with E-state index in [1.165, 1.54) is 0 Å². The van der Waals surface area contributed by atoms with Gasteiger partial charge in [-0.05, 0) is 0 Å². The van der Waals surface area contributed by atoms with E-state index in [-0.39, 0.29) is 5.69 Å². The molecule has 96 valence electrons. The summed E-state index contributed by atoms with van der Waals surface area (Å²) in [7, 11) is 0. The molecule has 0 aromatic carbocycles. The van der Waals surface area contributed by atoms with Crippen LogP contribution in [0.25, 0.3) is 0 Å². The van der Waals surface area contributed by atoms with Gasteiger partial charge in [-0.15, -0.1) is 13.2 Å². The molecule has 0 aliphatic rings. The van der Waals surface area contributed by atoms with Crippen LogP contribution in [0.2, 0.25) is 0 Å². The minimum Gasteiger partial charge on any atom is -0.402 e. The Labute approximate surface area is 92.4 Å². The van der Waals surface area contributed by atoms with Gasteiger partial charge in [0.25, 0.3) is 6.43 Å². The molecule has 17 heavy (non-hydrogen) atoms. The molecular weight excluding hydrogens is 249 g/mol. The van der Waals surface area contributed by atoms with Gasteiger partial charge in [-0.25, -0.2) is 8.78 Å². The Morgan fingerprint density at radius 3 is 2.35 bits per heavy atom. The fraction of sp³-hybridized carbons (Fsp3) is 0.375. The Kier molecular flexibility index (Phi) is 3.71. The van der Waals surface area contributed by atoms with E-state index >= 15 is 0 Å². The fourth-order valence-corrected chi connectivity index (χ4v) is 1.11. The summed E-state index contributed by atoms with van der Waals surface area (Å²) in [5.41, 5.74) is 8.29. The van der Waals surface area contributed by atoms with Crippen molar-refractivity contribution < 1.29 is 26.7 Å². The number of aromatic nitrogens is 1. The van der Waals surface area contributed by atoms with Crippen molar-refractivity contribution in [2.75, 3.05) is 5.73 Å². The predicted molar refractivity (Wildman–Crippen MR) is 48.2 cm³/mol. The van der Waals surface area contributed by atoms with Gasteiger partial charge < -0.3 is 16.2 Å². The summed E-state index contributed by atoms with van der Waals surface area (Å²) in [5, 5.41) is 0. The number of hydrogen-bond donors (Lipinski definition) is 2. The summed E-state index contributed by atoms with van der Waals surface area (Å²) < 4.78 is 64.4. The maximum Gasteiger partial charge on any atom is 0.573 e. The first-order valence-corrected chi connectivity index (χ1v) is 4.27. The van der Waals surface area contributed by atoms with E-state index in [0.29, 0.717) is 6.20 Å². The number of anilines is 1. The summed E-state index contributed by atoms with van der Waals surface area (Å²) >= 11 is 0. The van der Waals surface area contributed by atoms with Crippen molar-refractivity contribution in [2.45, 2.75) is 19.3 Å². The van der Waals surface area contributed by atoms with E-state index in [1.54, 1.807) is 0 Å². The molecule has 0 bridgehead atoms. The van der Waals surface area contributed by atoms with Gasteiger partial charge in [0.05, 0.1) is 16.9 Å². The van der Waals surface area contributed by atoms with E-state index in [1.807, 2.05) is 0 Å². The van der Waals surface area contributed by atoms with Crippen LogP contribution >= 0.6 is 0 Å². The van der Waals surface area contributed by atoms with Crippen LogP contribution in [0.1, 0.15) is 17.7 Å². The summed E-state index contributed by atoms with van der Waals surface area (Å²) in [5.74, 6) is -0.974. The van der Waals surface area contributed by atoms with Gasteiger partial charge in [-0.3, -0.25) is 4.98 Å². The maximum absolute atomic E-state index is 12.4. The van der Waals surface area contributed by atoms with Crippen molar-refractivity contribution in [3.05, 3.63) is 17.5 Å². The highest BCUT2D eigenvalue weighted by Crippen LogP contribution is 2.36. The number of ether oxygens (including phenoxy) is 1. The minimum atomic E-state index is -5.06. The van der Waals surface area contributed by atoms with Gasteiger partial charge in [0.2, 0.25) is 0 Å². The lowest BCUT2D eigenvalue weighted by atomic mass is 10.2. The summed E-state index contributed by atoms with van der Waals surface area (Å²) in [6.07, 6.45) is -7.43. The van der Waals surface area contributed by atoms with Gasteiger partial charge in [-0.1, -0.05) is 0 Å². The number of nitrogen functional groups attached to an aromatic ring is 1. The highest BCUT2D eigenvalue weighted by atomic mass is 19.4. The number of rotatable bonds is 3. The van der Waals surface area contributed by atoms with Crippen molar-refractivity contribution >= 4 is 5.69 Å². The van der Waals surface area contributed by atoms with Crippen molar-refractivity contribution in [2.24, 2.45) is 5.73 Å².